The van der Waals surface area contributed by atoms with Crippen LogP contribution in [-0.4, -0.2) is 40.0 Å². The molecule has 0 rings (SSSR count). The van der Waals surface area contributed by atoms with Gasteiger partial charge in [0.25, 0.3) is 0 Å². The number of hydrogen-bond acceptors (Lipinski definition) is 3. The number of hydrogen-bond donors (Lipinski definition) is 1. The second kappa shape index (κ2) is 19.1. The maximum atomic E-state index is 12.3. The third-order valence-electron chi connectivity index (χ3n) is 5.64. The lowest BCUT2D eigenvalue weighted by Crippen LogP contribution is -2.44. The Morgan fingerprint density at radius 2 is 1.21 bits per heavy atom. The van der Waals surface area contributed by atoms with E-state index in [9.17, 15) is 19.5 Å². The lowest BCUT2D eigenvalue weighted by Gasteiger charge is -2.23. The Morgan fingerprint density at radius 3 is 1.62 bits per heavy atom. The maximum absolute atomic E-state index is 12.3. The van der Waals surface area contributed by atoms with Crippen molar-refractivity contribution in [2.75, 3.05) is 0 Å². The molecule has 0 saturated heterocycles. The molecule has 1 atom stereocenters. The number of Topliss-reactive ketones (excluding diaryl/α,β-unsaturated/α-hetero) is 2. The number of unbranched alkanes of at least 4 members (excludes halogenated alkanes) is 11. The highest BCUT2D eigenvalue weighted by molar-refractivity contribution is 6.21. The summed E-state index contributed by atoms with van der Waals surface area (Å²) in [5.74, 6) is -2.30. The Kier molecular flexibility index (Phi) is 19.9. The number of aliphatic carboxylic acids is 1. The Hall–Kier alpha value is -0.918. The number of rotatable bonds is 19. The highest BCUT2D eigenvalue weighted by Crippen LogP contribution is 2.28. The third-order valence-corrected chi connectivity index (χ3v) is 5.64. The summed E-state index contributed by atoms with van der Waals surface area (Å²) in [7, 11) is 0. The highest BCUT2D eigenvalue weighted by Gasteiger charge is 2.48. The van der Waals surface area contributed by atoms with E-state index in [4.69, 9.17) is 0 Å². The molecule has 0 saturated carbocycles. The molecule has 0 aliphatic rings. The fourth-order valence-corrected chi connectivity index (χ4v) is 3.63. The Morgan fingerprint density at radius 1 is 0.759 bits per heavy atom. The molecule has 0 fully saturated rings. The van der Waals surface area contributed by atoms with Gasteiger partial charge in [-0.15, -0.1) is 0 Å². The number of allylic oxidation sites excluding steroid dienone is 2. The summed E-state index contributed by atoms with van der Waals surface area (Å²) in [4.78, 5) is 35.5. The second-order valence-corrected chi connectivity index (χ2v) is 7.88. The van der Waals surface area contributed by atoms with Crippen LogP contribution in [0.1, 0.15) is 117 Å². The molecule has 1 unspecified atom stereocenters. The first-order chi connectivity index (χ1) is 13.4. The van der Waals surface area contributed by atoms with Crippen LogP contribution in [-0.2, 0) is 14.4 Å². The van der Waals surface area contributed by atoms with Gasteiger partial charge >= 0.3 is 5.97 Å². The van der Waals surface area contributed by atoms with E-state index >= 15 is 0 Å². The summed E-state index contributed by atoms with van der Waals surface area (Å²) >= 11 is 0. The van der Waals surface area contributed by atoms with Crippen LogP contribution in [0.4, 0.5) is 0 Å². The van der Waals surface area contributed by atoms with Crippen LogP contribution in [0.25, 0.3) is 0 Å². The molecule has 0 spiro atoms. The smallest absolute Gasteiger partial charge is 0.324 e. The van der Waals surface area contributed by atoms with Crippen molar-refractivity contribution >= 4 is 34.9 Å². The van der Waals surface area contributed by atoms with Crippen molar-refractivity contribution < 1.29 is 19.5 Å². The first-order valence-corrected chi connectivity index (χ1v) is 11.4. The van der Waals surface area contributed by atoms with Gasteiger partial charge in [0, 0.05) is 6.42 Å². The lowest BCUT2D eigenvalue weighted by molar-refractivity contribution is -0.159. The Labute approximate surface area is 189 Å². The number of carboxylic acid groups (broad SMARTS) is 1. The quantitative estimate of drug-likeness (QED) is 0.129. The van der Waals surface area contributed by atoms with Gasteiger partial charge in [0.05, 0.1) is 0 Å². The van der Waals surface area contributed by atoms with Crippen molar-refractivity contribution in [1.29, 1.82) is 0 Å². The van der Waals surface area contributed by atoms with Crippen LogP contribution in [0.15, 0.2) is 12.2 Å². The van der Waals surface area contributed by atoms with E-state index in [1.807, 2.05) is 0 Å². The molecule has 0 bridgehead atoms. The molecule has 0 radical (unpaired) electrons. The van der Waals surface area contributed by atoms with Crippen molar-refractivity contribution in [1.82, 2.24) is 0 Å². The van der Waals surface area contributed by atoms with Crippen LogP contribution >= 0.6 is 0 Å². The predicted octanol–water partition coefficient (Wildman–Crippen LogP) is 5.48. The monoisotopic (exact) mass is 424 g/mol. The summed E-state index contributed by atoms with van der Waals surface area (Å²) in [6.45, 7) is 5.04. The topological polar surface area (TPSA) is 71.4 Å². The molecule has 4 nitrogen and oxygen atoms in total. The summed E-state index contributed by atoms with van der Waals surface area (Å²) in [5.41, 5.74) is -1.83. The van der Waals surface area contributed by atoms with E-state index in [0.29, 0.717) is 6.42 Å². The zero-order valence-corrected chi connectivity index (χ0v) is 18.4. The van der Waals surface area contributed by atoms with Gasteiger partial charge in [-0.25, -0.2) is 0 Å². The summed E-state index contributed by atoms with van der Waals surface area (Å²) < 4.78 is 0. The molecule has 1 N–H and O–H groups in total. The molecular weight excluding hydrogens is 379 g/mol. The molecule has 0 aromatic carbocycles. The fourth-order valence-electron chi connectivity index (χ4n) is 3.63. The van der Waals surface area contributed by atoms with E-state index in [-0.39, 0.29) is 30.2 Å². The van der Waals surface area contributed by atoms with Gasteiger partial charge in [-0.1, -0.05) is 77.4 Å². The van der Waals surface area contributed by atoms with Gasteiger partial charge in [-0.2, -0.15) is 0 Å². The summed E-state index contributed by atoms with van der Waals surface area (Å²) in [6, 6.07) is 0. The molecule has 0 aromatic heterocycles. The largest absolute Gasteiger partial charge is 0.480 e. The molecule has 29 heavy (non-hydrogen) atoms. The molecule has 5 heteroatoms. The van der Waals surface area contributed by atoms with Crippen molar-refractivity contribution in [2.45, 2.75) is 117 Å². The van der Waals surface area contributed by atoms with E-state index < -0.39 is 23.0 Å². The number of ketones is 2. The van der Waals surface area contributed by atoms with Crippen molar-refractivity contribution in [3.05, 3.63) is 12.2 Å². The number of carboxylic acids is 1. The average Bonchev–Trinajstić information content (AvgIpc) is 2.65. The minimum absolute atomic E-state index is 0. The predicted molar refractivity (Wildman–Crippen MR) is 125 cm³/mol. The van der Waals surface area contributed by atoms with Crippen molar-refractivity contribution in [2.24, 2.45) is 5.41 Å². The van der Waals surface area contributed by atoms with Crippen molar-refractivity contribution in [3.8, 4) is 0 Å². The van der Waals surface area contributed by atoms with Gasteiger partial charge in [-0.3, -0.25) is 14.4 Å². The minimum atomic E-state index is -1.83. The van der Waals surface area contributed by atoms with E-state index in [0.717, 1.165) is 32.1 Å². The van der Waals surface area contributed by atoms with Gasteiger partial charge < -0.3 is 5.11 Å². The van der Waals surface area contributed by atoms with E-state index in [1.165, 1.54) is 51.9 Å². The zero-order chi connectivity index (χ0) is 21.3. The van der Waals surface area contributed by atoms with Gasteiger partial charge in [-0.05, 0) is 45.4 Å². The van der Waals surface area contributed by atoms with Crippen LogP contribution < -0.4 is 0 Å². The number of carbonyl (C=O) groups excluding carboxylic acids is 2. The molecule has 0 aliphatic heterocycles. The second-order valence-electron chi connectivity index (χ2n) is 7.88. The van der Waals surface area contributed by atoms with Crippen LogP contribution in [0.2, 0.25) is 0 Å². The Bertz CT molecular complexity index is 471. The molecular formula is C24H45AlO4. The number of carbonyl (C=O) groups is 3. The fraction of sp³-hybridized carbons (Fsp3) is 0.792. The highest BCUT2D eigenvalue weighted by atomic mass is 27.0. The van der Waals surface area contributed by atoms with E-state index in [1.54, 1.807) is 6.92 Å². The Balaban J connectivity index is 0. The maximum Gasteiger partial charge on any atom is 0.324 e. The van der Waals surface area contributed by atoms with Crippen LogP contribution in [0, 0.1) is 5.41 Å². The molecule has 0 heterocycles. The third kappa shape index (κ3) is 12.4. The lowest BCUT2D eigenvalue weighted by atomic mass is 9.75. The molecule has 0 aromatic rings. The first-order valence-electron chi connectivity index (χ1n) is 11.4. The average molecular weight is 425 g/mol. The van der Waals surface area contributed by atoms with Gasteiger partial charge in [0.1, 0.15) is 0 Å². The van der Waals surface area contributed by atoms with Crippen LogP contribution in [0.3, 0.4) is 0 Å². The molecule has 168 valence electrons. The summed E-state index contributed by atoms with van der Waals surface area (Å²) in [6.07, 6.45) is 20.0. The SMILES string of the molecule is CCCCCCCC/C=C\CCCCCCCC(=O)C(CC)(C(C)=O)C(=O)O.[AlH3]. The molecule has 0 amide bonds. The standard InChI is InChI=1S/C24H42O4.Al.3H/c1-4-6-7-8-9-10-11-12-13-14-15-16-17-18-19-20-22(26)24(5-2,21(3)25)23(27)28;;;;/h12-13H,4-11,14-20H2,1-3H3,(H,27,28);;;;/b13-12-;;;;. The van der Waals surface area contributed by atoms with Crippen molar-refractivity contribution in [3.63, 3.8) is 0 Å². The van der Waals surface area contributed by atoms with Crippen LogP contribution in [0.5, 0.6) is 0 Å². The normalized spacial score (nSPS) is 13.1. The first kappa shape index (κ1) is 30.3. The minimum Gasteiger partial charge on any atom is -0.480 e. The van der Waals surface area contributed by atoms with Gasteiger partial charge in [0.15, 0.2) is 34.3 Å². The van der Waals surface area contributed by atoms with Gasteiger partial charge in [0.2, 0.25) is 0 Å². The summed E-state index contributed by atoms with van der Waals surface area (Å²) in [5, 5.41) is 9.34. The molecule has 0 aliphatic carbocycles. The zero-order valence-electron chi connectivity index (χ0n) is 18.4. The van der Waals surface area contributed by atoms with E-state index in [2.05, 4.69) is 19.1 Å².